The molecule has 4 nitrogen and oxygen atoms in total. The van der Waals surface area contributed by atoms with E-state index in [-0.39, 0.29) is 24.3 Å². The summed E-state index contributed by atoms with van der Waals surface area (Å²) >= 11 is 0. The normalized spacial score (nSPS) is 25.0. The average molecular weight is 457 g/mol. The van der Waals surface area contributed by atoms with Crippen molar-refractivity contribution in [2.24, 2.45) is 9.98 Å². The highest BCUT2D eigenvalue weighted by Crippen LogP contribution is 2.40. The molecule has 0 spiro atoms. The molecule has 2 aliphatic heterocycles. The van der Waals surface area contributed by atoms with Crippen LogP contribution in [0.25, 0.3) is 0 Å². The SMILES string of the molecule is CC1OC(CP(CC2=NC(c3ccccc3)C(C)O2)c2ccccc2)=NC1c1ccccc1. The summed E-state index contributed by atoms with van der Waals surface area (Å²) in [4.78, 5) is 9.97. The fourth-order valence-electron chi connectivity index (χ4n) is 4.49. The second-order valence-electron chi connectivity index (χ2n) is 8.59. The lowest BCUT2D eigenvalue weighted by molar-refractivity contribution is 0.212. The summed E-state index contributed by atoms with van der Waals surface area (Å²) in [5.74, 6) is 1.69. The van der Waals surface area contributed by atoms with Gasteiger partial charge in [-0.3, -0.25) is 0 Å². The Labute approximate surface area is 197 Å². The van der Waals surface area contributed by atoms with Crippen LogP contribution in [0.1, 0.15) is 37.1 Å². The number of benzene rings is 3. The molecule has 0 N–H and O–H groups in total. The second-order valence-corrected chi connectivity index (χ2v) is 10.8. The van der Waals surface area contributed by atoms with Crippen LogP contribution in [0.5, 0.6) is 0 Å². The van der Waals surface area contributed by atoms with Gasteiger partial charge in [-0.1, -0.05) is 98.9 Å². The molecule has 5 heteroatoms. The van der Waals surface area contributed by atoms with Crippen molar-refractivity contribution in [2.75, 3.05) is 12.3 Å². The highest BCUT2D eigenvalue weighted by atomic mass is 31.1. The standard InChI is InChI=1S/C28H29N2O2P/c1-20-27(22-12-6-3-7-13-22)29-25(31-20)18-33(24-16-10-5-11-17-24)19-26-30-28(21(2)32-26)23-14-8-4-9-15-23/h3-17,20-21,27-28H,18-19H2,1-2H3. The predicted molar refractivity (Wildman–Crippen MR) is 137 cm³/mol. The second kappa shape index (κ2) is 9.89. The quantitative estimate of drug-likeness (QED) is 0.415. The number of ether oxygens (including phenoxy) is 2. The van der Waals surface area contributed by atoms with Gasteiger partial charge in [0.2, 0.25) is 0 Å². The maximum atomic E-state index is 6.24. The van der Waals surface area contributed by atoms with Gasteiger partial charge in [0.1, 0.15) is 24.3 Å². The third-order valence-electron chi connectivity index (χ3n) is 6.16. The smallest absolute Gasteiger partial charge is 0.189 e. The molecule has 33 heavy (non-hydrogen) atoms. The Kier molecular flexibility index (Phi) is 6.55. The Morgan fingerprint density at radius 1 is 0.606 bits per heavy atom. The molecule has 0 saturated carbocycles. The number of nitrogens with zero attached hydrogens (tertiary/aromatic N) is 2. The summed E-state index contributed by atoms with van der Waals surface area (Å²) in [6.45, 7) is 4.21. The van der Waals surface area contributed by atoms with Crippen molar-refractivity contribution in [1.82, 2.24) is 0 Å². The van der Waals surface area contributed by atoms with E-state index in [1.54, 1.807) is 0 Å². The Morgan fingerprint density at radius 3 is 1.42 bits per heavy atom. The minimum atomic E-state index is -0.603. The van der Waals surface area contributed by atoms with Gasteiger partial charge < -0.3 is 9.47 Å². The van der Waals surface area contributed by atoms with Crippen molar-refractivity contribution in [3.63, 3.8) is 0 Å². The molecule has 3 aromatic carbocycles. The molecule has 2 aliphatic rings. The lowest BCUT2D eigenvalue weighted by Gasteiger charge is -2.19. The molecule has 4 atom stereocenters. The zero-order valence-electron chi connectivity index (χ0n) is 19.0. The van der Waals surface area contributed by atoms with Crippen molar-refractivity contribution < 1.29 is 9.47 Å². The van der Waals surface area contributed by atoms with Gasteiger partial charge >= 0.3 is 0 Å². The zero-order valence-corrected chi connectivity index (χ0v) is 19.9. The summed E-state index contributed by atoms with van der Waals surface area (Å²) < 4.78 is 12.5. The molecule has 0 amide bonds. The summed E-state index contributed by atoms with van der Waals surface area (Å²) in [7, 11) is -0.603. The molecule has 4 unspecified atom stereocenters. The number of aliphatic imine (C=N–C) groups is 2. The van der Waals surface area contributed by atoms with E-state index in [0.717, 1.165) is 24.1 Å². The van der Waals surface area contributed by atoms with E-state index in [0.29, 0.717) is 0 Å². The number of hydrogen-bond acceptors (Lipinski definition) is 4. The van der Waals surface area contributed by atoms with Crippen LogP contribution >= 0.6 is 7.92 Å². The lowest BCUT2D eigenvalue weighted by atomic mass is 10.0. The van der Waals surface area contributed by atoms with E-state index in [1.807, 2.05) is 12.1 Å². The summed E-state index contributed by atoms with van der Waals surface area (Å²) in [5, 5.41) is 1.32. The third-order valence-corrected chi connectivity index (χ3v) is 8.49. The van der Waals surface area contributed by atoms with Crippen LogP contribution in [0.3, 0.4) is 0 Å². The van der Waals surface area contributed by atoms with Gasteiger partial charge in [0, 0.05) is 12.3 Å². The predicted octanol–water partition coefficient (Wildman–Crippen LogP) is 5.91. The van der Waals surface area contributed by atoms with Crippen LogP contribution in [-0.2, 0) is 9.47 Å². The minimum Gasteiger partial charge on any atom is -0.475 e. The summed E-state index contributed by atoms with van der Waals surface area (Å²) in [5.41, 5.74) is 2.40. The van der Waals surface area contributed by atoms with Crippen LogP contribution in [-0.4, -0.2) is 36.3 Å². The molecule has 3 aromatic rings. The maximum absolute atomic E-state index is 6.24. The van der Waals surface area contributed by atoms with E-state index in [1.165, 1.54) is 16.4 Å². The van der Waals surface area contributed by atoms with Crippen molar-refractivity contribution >= 4 is 25.0 Å². The van der Waals surface area contributed by atoms with Crippen molar-refractivity contribution in [3.8, 4) is 0 Å². The van der Waals surface area contributed by atoms with Crippen LogP contribution < -0.4 is 5.30 Å². The van der Waals surface area contributed by atoms with E-state index in [9.17, 15) is 0 Å². The van der Waals surface area contributed by atoms with Gasteiger partial charge in [0.05, 0.1) is 0 Å². The number of rotatable bonds is 7. The summed E-state index contributed by atoms with van der Waals surface area (Å²) in [6, 6.07) is 31.6. The molecule has 168 valence electrons. The first-order valence-electron chi connectivity index (χ1n) is 11.5. The largest absolute Gasteiger partial charge is 0.475 e. The molecule has 0 aromatic heterocycles. The van der Waals surface area contributed by atoms with Gasteiger partial charge in [-0.2, -0.15) is 0 Å². The molecule has 5 rings (SSSR count). The minimum absolute atomic E-state index is 0.0394. The molecule has 0 bridgehead atoms. The Balaban J connectivity index is 1.37. The molecular formula is C28H29N2O2P. The van der Waals surface area contributed by atoms with Crippen LogP contribution in [0, 0.1) is 0 Å². The zero-order chi connectivity index (χ0) is 22.6. The fourth-order valence-corrected chi connectivity index (χ4v) is 6.53. The van der Waals surface area contributed by atoms with Crippen LogP contribution in [0.15, 0.2) is 101 Å². The summed E-state index contributed by atoms with van der Waals surface area (Å²) in [6.07, 6.45) is 1.66. The monoisotopic (exact) mass is 456 g/mol. The van der Waals surface area contributed by atoms with E-state index < -0.39 is 7.92 Å². The third kappa shape index (κ3) is 5.02. The molecule has 2 heterocycles. The molecule has 0 aliphatic carbocycles. The molecule has 0 radical (unpaired) electrons. The van der Waals surface area contributed by atoms with Crippen molar-refractivity contribution in [2.45, 2.75) is 38.1 Å². The highest BCUT2D eigenvalue weighted by molar-refractivity contribution is 7.67. The van der Waals surface area contributed by atoms with Gasteiger partial charge in [-0.05, 0) is 30.3 Å². The lowest BCUT2D eigenvalue weighted by Crippen LogP contribution is -2.19. The fraction of sp³-hybridized carbons (Fsp3) is 0.286. The Hall–Kier alpha value is -2.97. The molecular weight excluding hydrogens is 427 g/mol. The van der Waals surface area contributed by atoms with Crippen LogP contribution in [0.4, 0.5) is 0 Å². The first-order valence-corrected chi connectivity index (χ1v) is 13.2. The van der Waals surface area contributed by atoms with Gasteiger partial charge in [-0.25, -0.2) is 9.98 Å². The van der Waals surface area contributed by atoms with Crippen molar-refractivity contribution in [3.05, 3.63) is 102 Å². The van der Waals surface area contributed by atoms with E-state index in [4.69, 9.17) is 19.5 Å². The first-order chi connectivity index (χ1) is 16.2. The van der Waals surface area contributed by atoms with Crippen LogP contribution in [0.2, 0.25) is 0 Å². The average Bonchev–Trinajstić information content (AvgIpc) is 3.42. The van der Waals surface area contributed by atoms with E-state index >= 15 is 0 Å². The van der Waals surface area contributed by atoms with Gasteiger partial charge in [-0.15, -0.1) is 0 Å². The Morgan fingerprint density at radius 2 is 1.00 bits per heavy atom. The van der Waals surface area contributed by atoms with Crippen molar-refractivity contribution in [1.29, 1.82) is 0 Å². The first kappa shape index (κ1) is 21.9. The topological polar surface area (TPSA) is 43.2 Å². The van der Waals surface area contributed by atoms with Gasteiger partial charge in [0.15, 0.2) is 11.8 Å². The number of hydrogen-bond donors (Lipinski definition) is 0. The van der Waals surface area contributed by atoms with E-state index in [2.05, 4.69) is 92.7 Å². The van der Waals surface area contributed by atoms with Gasteiger partial charge in [0.25, 0.3) is 0 Å². The molecule has 0 saturated heterocycles. The Bertz CT molecular complexity index is 1050. The maximum Gasteiger partial charge on any atom is 0.189 e. The molecule has 0 fully saturated rings. The highest BCUT2D eigenvalue weighted by Gasteiger charge is 2.33.